The van der Waals surface area contributed by atoms with Crippen molar-refractivity contribution in [2.75, 3.05) is 6.54 Å². The zero-order valence-corrected chi connectivity index (χ0v) is 7.00. The molecule has 68 valence electrons. The highest BCUT2D eigenvalue weighted by Crippen LogP contribution is 2.38. The minimum Gasteiger partial charge on any atom is -0.330 e. The minimum atomic E-state index is -4.17. The number of halogens is 3. The Morgan fingerprint density at radius 3 is 1.55 bits per heavy atom. The first-order valence-corrected chi connectivity index (χ1v) is 3.46. The van der Waals surface area contributed by atoms with Crippen LogP contribution in [0.3, 0.4) is 0 Å². The van der Waals surface area contributed by atoms with E-state index in [-0.39, 0.29) is 6.54 Å². The van der Waals surface area contributed by atoms with Crippen LogP contribution in [0.15, 0.2) is 0 Å². The van der Waals surface area contributed by atoms with E-state index < -0.39 is 17.5 Å². The topological polar surface area (TPSA) is 26.0 Å². The fourth-order valence-corrected chi connectivity index (χ4v) is 0.978. The van der Waals surface area contributed by atoms with Crippen LogP contribution < -0.4 is 5.73 Å². The second kappa shape index (κ2) is 3.01. The van der Waals surface area contributed by atoms with Gasteiger partial charge in [0.15, 0.2) is 0 Å². The molecule has 1 nitrogen and oxygen atoms in total. The normalized spacial score (nSPS) is 16.6. The monoisotopic (exact) mass is 169 g/mol. The molecule has 0 heterocycles. The maximum absolute atomic E-state index is 12.1. The van der Waals surface area contributed by atoms with Crippen molar-refractivity contribution in [1.82, 2.24) is 0 Å². The summed E-state index contributed by atoms with van der Waals surface area (Å²) in [6, 6.07) is 0. The molecule has 0 radical (unpaired) electrons. The smallest absolute Gasteiger partial charge is 0.330 e. The van der Waals surface area contributed by atoms with Crippen molar-refractivity contribution >= 4 is 0 Å². The van der Waals surface area contributed by atoms with Crippen LogP contribution in [0.5, 0.6) is 0 Å². The highest BCUT2D eigenvalue weighted by atomic mass is 19.4. The van der Waals surface area contributed by atoms with Gasteiger partial charge in [0, 0.05) is 6.54 Å². The molecule has 0 saturated heterocycles. The average Bonchev–Trinajstić information content (AvgIpc) is 1.56. The van der Waals surface area contributed by atoms with Gasteiger partial charge in [-0.15, -0.1) is 0 Å². The molecule has 0 bridgehead atoms. The van der Waals surface area contributed by atoms with Gasteiger partial charge in [-0.2, -0.15) is 13.2 Å². The van der Waals surface area contributed by atoms with E-state index in [0.29, 0.717) is 0 Å². The van der Waals surface area contributed by atoms with Crippen LogP contribution >= 0.6 is 0 Å². The number of hydrogen-bond acceptors (Lipinski definition) is 1. The Kier molecular flexibility index (Phi) is 2.94. The lowest BCUT2D eigenvalue weighted by molar-refractivity contribution is -0.196. The Bertz CT molecular complexity index is 109. The molecule has 11 heavy (non-hydrogen) atoms. The molecule has 0 aromatic carbocycles. The quantitative estimate of drug-likeness (QED) is 0.639. The molecule has 0 aliphatic rings. The third kappa shape index (κ3) is 3.10. The summed E-state index contributed by atoms with van der Waals surface area (Å²) in [6.45, 7) is 4.28. The average molecular weight is 169 g/mol. The summed E-state index contributed by atoms with van der Waals surface area (Å²) < 4.78 is 36.4. The Labute approximate surface area is 64.8 Å². The number of hydrogen-bond donors (Lipinski definition) is 1. The molecule has 0 aromatic heterocycles. The molecule has 0 aliphatic carbocycles. The van der Waals surface area contributed by atoms with Crippen LogP contribution in [0.25, 0.3) is 0 Å². The van der Waals surface area contributed by atoms with Crippen molar-refractivity contribution in [3.8, 4) is 0 Å². The Morgan fingerprint density at radius 2 is 1.55 bits per heavy atom. The van der Waals surface area contributed by atoms with E-state index in [0.717, 1.165) is 0 Å². The van der Waals surface area contributed by atoms with Gasteiger partial charge >= 0.3 is 6.18 Å². The lowest BCUT2D eigenvalue weighted by atomic mass is 9.80. The molecule has 0 aromatic rings. The largest absolute Gasteiger partial charge is 0.393 e. The lowest BCUT2D eigenvalue weighted by Crippen LogP contribution is -2.39. The van der Waals surface area contributed by atoms with Crippen molar-refractivity contribution < 1.29 is 13.2 Å². The van der Waals surface area contributed by atoms with Crippen molar-refractivity contribution in [3.63, 3.8) is 0 Å². The second-order valence-electron chi connectivity index (χ2n) is 3.70. The van der Waals surface area contributed by atoms with Crippen LogP contribution in [0, 0.1) is 11.3 Å². The Hall–Kier alpha value is -0.250. The zero-order valence-electron chi connectivity index (χ0n) is 7.00. The number of alkyl halides is 3. The van der Waals surface area contributed by atoms with Gasteiger partial charge in [0.2, 0.25) is 0 Å². The zero-order chi connectivity index (χ0) is 9.28. The predicted octanol–water partition coefficient (Wildman–Crippen LogP) is 2.17. The van der Waals surface area contributed by atoms with Crippen LogP contribution in [0.2, 0.25) is 0 Å². The molecule has 0 aliphatic heterocycles. The third-order valence-corrected chi connectivity index (χ3v) is 1.68. The Balaban J connectivity index is 4.43. The van der Waals surface area contributed by atoms with Crippen LogP contribution in [-0.4, -0.2) is 12.7 Å². The lowest BCUT2D eigenvalue weighted by Gasteiger charge is -2.31. The van der Waals surface area contributed by atoms with E-state index in [4.69, 9.17) is 5.73 Å². The maximum Gasteiger partial charge on any atom is 0.393 e. The molecule has 0 fully saturated rings. The molecule has 2 N–H and O–H groups in total. The first kappa shape index (κ1) is 10.8. The van der Waals surface area contributed by atoms with Gasteiger partial charge in [-0.05, 0) is 5.41 Å². The number of nitrogens with two attached hydrogens (primary N) is 1. The summed E-state index contributed by atoms with van der Waals surface area (Å²) in [5, 5.41) is 0. The molecule has 0 amide bonds. The molecule has 0 spiro atoms. The predicted molar refractivity (Wildman–Crippen MR) is 38.1 cm³/mol. The number of rotatable bonds is 1. The van der Waals surface area contributed by atoms with Gasteiger partial charge in [-0.25, -0.2) is 0 Å². The van der Waals surface area contributed by atoms with Gasteiger partial charge in [-0.3, -0.25) is 0 Å². The summed E-state index contributed by atoms with van der Waals surface area (Å²) in [7, 11) is 0. The van der Waals surface area contributed by atoms with Crippen molar-refractivity contribution in [2.45, 2.75) is 26.9 Å². The molecule has 0 rings (SSSR count). The summed E-state index contributed by atoms with van der Waals surface area (Å²) in [5.74, 6) is -1.41. The van der Waals surface area contributed by atoms with Gasteiger partial charge < -0.3 is 5.73 Å². The Morgan fingerprint density at radius 1 is 1.18 bits per heavy atom. The third-order valence-electron chi connectivity index (χ3n) is 1.68. The van der Waals surface area contributed by atoms with E-state index in [2.05, 4.69) is 0 Å². The van der Waals surface area contributed by atoms with Gasteiger partial charge in [-0.1, -0.05) is 20.8 Å². The van der Waals surface area contributed by atoms with Crippen molar-refractivity contribution in [2.24, 2.45) is 17.1 Å². The summed E-state index contributed by atoms with van der Waals surface area (Å²) in [5.41, 5.74) is 4.23. The molecule has 1 unspecified atom stereocenters. The van der Waals surface area contributed by atoms with E-state index in [1.807, 2.05) is 0 Å². The van der Waals surface area contributed by atoms with E-state index >= 15 is 0 Å². The van der Waals surface area contributed by atoms with E-state index in [1.54, 1.807) is 0 Å². The summed E-state index contributed by atoms with van der Waals surface area (Å²) in [4.78, 5) is 0. The molecular formula is C7H14F3N. The highest BCUT2D eigenvalue weighted by molar-refractivity contribution is 4.80. The van der Waals surface area contributed by atoms with Gasteiger partial charge in [0.05, 0.1) is 5.92 Å². The standard InChI is InChI=1S/C7H14F3N/c1-6(2,3)5(4-11)7(8,9)10/h5H,4,11H2,1-3H3. The molecular weight excluding hydrogens is 155 g/mol. The van der Waals surface area contributed by atoms with Gasteiger partial charge in [0.25, 0.3) is 0 Å². The first-order valence-electron chi connectivity index (χ1n) is 3.46. The summed E-state index contributed by atoms with van der Waals surface area (Å²) in [6.07, 6.45) is -4.17. The first-order chi connectivity index (χ1) is 4.69. The van der Waals surface area contributed by atoms with Crippen molar-refractivity contribution in [3.05, 3.63) is 0 Å². The highest BCUT2D eigenvalue weighted by Gasteiger charge is 2.45. The molecule has 1 atom stereocenters. The van der Waals surface area contributed by atoms with E-state index in [1.165, 1.54) is 20.8 Å². The fourth-order valence-electron chi connectivity index (χ4n) is 0.978. The second-order valence-corrected chi connectivity index (χ2v) is 3.70. The van der Waals surface area contributed by atoms with Crippen LogP contribution in [0.1, 0.15) is 20.8 Å². The van der Waals surface area contributed by atoms with Gasteiger partial charge in [0.1, 0.15) is 0 Å². The van der Waals surface area contributed by atoms with Crippen molar-refractivity contribution in [1.29, 1.82) is 0 Å². The van der Waals surface area contributed by atoms with E-state index in [9.17, 15) is 13.2 Å². The fraction of sp³-hybridized carbons (Fsp3) is 1.00. The van der Waals surface area contributed by atoms with Crippen LogP contribution in [0.4, 0.5) is 13.2 Å². The van der Waals surface area contributed by atoms with Crippen LogP contribution in [-0.2, 0) is 0 Å². The molecule has 4 heteroatoms. The molecule has 0 saturated carbocycles. The maximum atomic E-state index is 12.1. The SMILES string of the molecule is CC(C)(C)C(CN)C(F)(F)F. The minimum absolute atomic E-state index is 0.340. The summed E-state index contributed by atoms with van der Waals surface area (Å²) >= 11 is 0.